The van der Waals surface area contributed by atoms with Crippen LogP contribution in [0.3, 0.4) is 0 Å². The van der Waals surface area contributed by atoms with Crippen LogP contribution in [0, 0.1) is 0 Å². The highest BCUT2D eigenvalue weighted by Gasteiger charge is 2.15. The molecule has 0 aromatic heterocycles. The van der Waals surface area contributed by atoms with Gasteiger partial charge in [0.2, 0.25) is 0 Å². The Morgan fingerprint density at radius 2 is 1.74 bits per heavy atom. The fraction of sp³-hybridized carbons (Fsp3) is 0.0870. The second kappa shape index (κ2) is 11.9. The number of amides is 2. The van der Waals surface area contributed by atoms with Gasteiger partial charge in [-0.15, -0.1) is 0 Å². The van der Waals surface area contributed by atoms with Gasteiger partial charge in [0, 0.05) is 15.6 Å². The molecule has 0 unspecified atom stereocenters. The molecule has 7 nitrogen and oxygen atoms in total. The average molecular weight is 541 g/mol. The van der Waals surface area contributed by atoms with E-state index in [4.69, 9.17) is 55.9 Å². The molecule has 2 N–H and O–H groups in total. The number of carbonyl (C=O) groups excluding carboxylic acids is 2. The van der Waals surface area contributed by atoms with Gasteiger partial charge in [-0.2, -0.15) is 5.10 Å². The Balaban J connectivity index is 1.59. The monoisotopic (exact) mass is 539 g/mol. The standard InChI is InChI=1S/C23H17Cl4N3O4/c1-33-20-9-13(5-8-19(20)34-12-14-6-7-15(24)10-17(14)26)11-28-30-23(32)22(31)29-18-4-2-3-16(25)21(18)27/h2-11H,12H2,1H3,(H,29,31)(H,30,32)/b28-11+. The highest BCUT2D eigenvalue weighted by atomic mass is 35.5. The van der Waals surface area contributed by atoms with E-state index in [1.54, 1.807) is 48.5 Å². The highest BCUT2D eigenvalue weighted by Crippen LogP contribution is 2.30. The summed E-state index contributed by atoms with van der Waals surface area (Å²) in [5.41, 5.74) is 3.70. The zero-order valence-corrected chi connectivity index (χ0v) is 20.6. The number of hydrogen-bond donors (Lipinski definition) is 2. The van der Waals surface area contributed by atoms with Gasteiger partial charge in [-0.25, -0.2) is 5.43 Å². The van der Waals surface area contributed by atoms with Crippen molar-refractivity contribution in [2.24, 2.45) is 5.10 Å². The molecular formula is C23H17Cl4N3O4. The first-order chi connectivity index (χ1) is 16.3. The Morgan fingerprint density at radius 3 is 2.47 bits per heavy atom. The zero-order valence-electron chi connectivity index (χ0n) is 17.6. The first-order valence-electron chi connectivity index (χ1n) is 9.61. The normalized spacial score (nSPS) is 10.7. The van der Waals surface area contributed by atoms with Gasteiger partial charge in [0.05, 0.1) is 29.1 Å². The van der Waals surface area contributed by atoms with Gasteiger partial charge >= 0.3 is 11.8 Å². The van der Waals surface area contributed by atoms with Crippen LogP contribution >= 0.6 is 46.4 Å². The number of nitrogens with zero attached hydrogens (tertiary/aromatic N) is 1. The number of hydrogen-bond acceptors (Lipinski definition) is 5. The summed E-state index contributed by atoms with van der Waals surface area (Å²) in [6.45, 7) is 0.210. The Kier molecular flexibility index (Phi) is 9.01. The van der Waals surface area contributed by atoms with Crippen molar-refractivity contribution in [2.75, 3.05) is 12.4 Å². The number of halogens is 4. The van der Waals surface area contributed by atoms with Crippen LogP contribution in [0.25, 0.3) is 0 Å². The third-order valence-corrected chi connectivity index (χ3v) is 5.78. The van der Waals surface area contributed by atoms with Crippen LogP contribution in [0.4, 0.5) is 5.69 Å². The van der Waals surface area contributed by atoms with E-state index in [2.05, 4.69) is 15.8 Å². The maximum absolute atomic E-state index is 12.0. The quantitative estimate of drug-likeness (QED) is 0.219. The lowest BCUT2D eigenvalue weighted by molar-refractivity contribution is -0.136. The first kappa shape index (κ1) is 25.6. The Morgan fingerprint density at radius 1 is 0.941 bits per heavy atom. The van der Waals surface area contributed by atoms with E-state index in [1.165, 1.54) is 19.4 Å². The molecule has 0 atom stereocenters. The van der Waals surface area contributed by atoms with Gasteiger partial charge < -0.3 is 14.8 Å². The van der Waals surface area contributed by atoms with Gasteiger partial charge in [-0.05, 0) is 48.0 Å². The van der Waals surface area contributed by atoms with E-state index in [0.29, 0.717) is 27.1 Å². The van der Waals surface area contributed by atoms with Crippen LogP contribution in [0.2, 0.25) is 20.1 Å². The maximum Gasteiger partial charge on any atom is 0.329 e. The SMILES string of the molecule is COc1cc(/C=N/NC(=O)C(=O)Nc2cccc(Cl)c2Cl)ccc1OCc1ccc(Cl)cc1Cl. The maximum atomic E-state index is 12.0. The molecule has 0 heterocycles. The Labute approximate surface area is 215 Å². The second-order valence-corrected chi connectivity index (χ2v) is 8.32. The number of rotatable bonds is 7. The molecule has 0 aliphatic rings. The van der Waals surface area contributed by atoms with E-state index in [-0.39, 0.29) is 22.3 Å². The molecule has 11 heteroatoms. The summed E-state index contributed by atoms with van der Waals surface area (Å²) in [6.07, 6.45) is 1.35. The van der Waals surface area contributed by atoms with Crippen molar-refractivity contribution in [2.45, 2.75) is 6.61 Å². The number of hydrazone groups is 1. The number of carbonyl (C=O) groups is 2. The molecule has 0 radical (unpaired) electrons. The summed E-state index contributed by atoms with van der Waals surface area (Å²) in [7, 11) is 1.49. The predicted octanol–water partition coefficient (Wildman–Crippen LogP) is 5.98. The summed E-state index contributed by atoms with van der Waals surface area (Å²) in [6, 6.07) is 14.8. The molecule has 3 aromatic rings. The number of anilines is 1. The van der Waals surface area contributed by atoms with Crippen LogP contribution in [0.15, 0.2) is 59.7 Å². The van der Waals surface area contributed by atoms with Crippen LogP contribution in [-0.2, 0) is 16.2 Å². The molecule has 3 aromatic carbocycles. The lowest BCUT2D eigenvalue weighted by atomic mass is 10.2. The van der Waals surface area contributed by atoms with E-state index in [0.717, 1.165) is 5.56 Å². The minimum atomic E-state index is -0.987. The van der Waals surface area contributed by atoms with Crippen molar-refractivity contribution in [3.8, 4) is 11.5 Å². The van der Waals surface area contributed by atoms with Gasteiger partial charge in [-0.3, -0.25) is 9.59 Å². The Bertz CT molecular complexity index is 1250. The van der Waals surface area contributed by atoms with Crippen molar-refractivity contribution < 1.29 is 19.1 Å². The third-order valence-electron chi connectivity index (χ3n) is 4.37. The molecule has 176 valence electrons. The van der Waals surface area contributed by atoms with Gasteiger partial charge in [0.1, 0.15) is 6.61 Å². The summed E-state index contributed by atoms with van der Waals surface area (Å²) < 4.78 is 11.2. The van der Waals surface area contributed by atoms with E-state index < -0.39 is 11.8 Å². The topological polar surface area (TPSA) is 89.0 Å². The lowest BCUT2D eigenvalue weighted by Crippen LogP contribution is -2.32. The summed E-state index contributed by atoms with van der Waals surface area (Å²) in [5, 5.41) is 7.56. The molecule has 34 heavy (non-hydrogen) atoms. The zero-order chi connectivity index (χ0) is 24.7. The summed E-state index contributed by atoms with van der Waals surface area (Å²) in [4.78, 5) is 24.0. The number of methoxy groups -OCH3 is 1. The largest absolute Gasteiger partial charge is 0.493 e. The van der Waals surface area contributed by atoms with E-state index in [1.807, 2.05) is 0 Å². The van der Waals surface area contributed by atoms with Crippen molar-refractivity contribution in [1.82, 2.24) is 5.43 Å². The van der Waals surface area contributed by atoms with Crippen molar-refractivity contribution in [3.05, 3.63) is 85.8 Å². The molecular weight excluding hydrogens is 524 g/mol. The molecule has 3 rings (SSSR count). The van der Waals surface area contributed by atoms with Crippen LogP contribution < -0.4 is 20.2 Å². The van der Waals surface area contributed by atoms with E-state index >= 15 is 0 Å². The van der Waals surface area contributed by atoms with Crippen LogP contribution in [-0.4, -0.2) is 25.1 Å². The van der Waals surface area contributed by atoms with Crippen LogP contribution in [0.5, 0.6) is 11.5 Å². The first-order valence-corrected chi connectivity index (χ1v) is 11.1. The van der Waals surface area contributed by atoms with Gasteiger partial charge in [0.25, 0.3) is 0 Å². The molecule has 0 fully saturated rings. The van der Waals surface area contributed by atoms with Crippen LogP contribution in [0.1, 0.15) is 11.1 Å². The van der Waals surface area contributed by atoms with Crippen molar-refractivity contribution >= 4 is 70.1 Å². The minimum absolute atomic E-state index is 0.126. The van der Waals surface area contributed by atoms with Crippen molar-refractivity contribution in [3.63, 3.8) is 0 Å². The summed E-state index contributed by atoms with van der Waals surface area (Å²) in [5.74, 6) is -1.02. The second-order valence-electron chi connectivity index (χ2n) is 6.69. The smallest absolute Gasteiger partial charge is 0.329 e. The Hall–Kier alpha value is -2.97. The molecule has 0 bridgehead atoms. The highest BCUT2D eigenvalue weighted by molar-refractivity contribution is 6.45. The molecule has 2 amide bonds. The molecule has 0 spiro atoms. The molecule has 0 aliphatic carbocycles. The molecule has 0 aliphatic heterocycles. The fourth-order valence-electron chi connectivity index (χ4n) is 2.67. The minimum Gasteiger partial charge on any atom is -0.493 e. The number of ether oxygens (including phenoxy) is 2. The van der Waals surface area contributed by atoms with Crippen molar-refractivity contribution in [1.29, 1.82) is 0 Å². The van der Waals surface area contributed by atoms with Gasteiger partial charge in [-0.1, -0.05) is 58.5 Å². The number of benzene rings is 3. The summed E-state index contributed by atoms with van der Waals surface area (Å²) >= 11 is 24.0. The predicted molar refractivity (Wildman–Crippen MR) is 135 cm³/mol. The van der Waals surface area contributed by atoms with Gasteiger partial charge in [0.15, 0.2) is 11.5 Å². The van der Waals surface area contributed by atoms with E-state index in [9.17, 15) is 9.59 Å². The molecule has 0 saturated heterocycles. The third kappa shape index (κ3) is 6.77. The number of nitrogens with one attached hydrogen (secondary N) is 2. The fourth-order valence-corrected chi connectivity index (χ4v) is 3.48. The molecule has 0 saturated carbocycles. The average Bonchev–Trinajstić information content (AvgIpc) is 2.81. The lowest BCUT2D eigenvalue weighted by Gasteiger charge is -2.12.